The van der Waals surface area contributed by atoms with Crippen LogP contribution in [0.4, 0.5) is 18.9 Å². The minimum atomic E-state index is -5.71. The van der Waals surface area contributed by atoms with Crippen molar-refractivity contribution in [2.75, 3.05) is 37.6 Å². The molecule has 0 aromatic heterocycles. The minimum absolute atomic E-state index is 0.256. The van der Waals surface area contributed by atoms with Crippen LogP contribution >= 0.6 is 0 Å². The lowest BCUT2D eigenvalue weighted by Gasteiger charge is -2.40. The Morgan fingerprint density at radius 2 is 1.62 bits per heavy atom. The highest BCUT2D eigenvalue weighted by atomic mass is 32.2. The van der Waals surface area contributed by atoms with Crippen LogP contribution in [0.15, 0.2) is 18.2 Å². The molecule has 1 aromatic carbocycles. The lowest BCUT2D eigenvalue weighted by molar-refractivity contribution is -0.0500. The standard InChI is InChI=1S/C25H39F3N2O3S/c1-5-6-13-29-14-16-30(17-15-29)23-18-21(33-34(31,32)25(26,27)28)11-12-22(23)19-7-9-20(10-8-19)24(2,3)4/h11-12,18-20H,5-10,13-17H2,1-4H3/t19-,20-. The molecule has 1 saturated carbocycles. The van der Waals surface area contributed by atoms with E-state index in [0.717, 1.165) is 82.5 Å². The van der Waals surface area contributed by atoms with E-state index in [1.54, 1.807) is 6.07 Å². The van der Waals surface area contributed by atoms with Crippen LogP contribution in [-0.2, 0) is 10.1 Å². The lowest BCUT2D eigenvalue weighted by Crippen LogP contribution is -2.47. The highest BCUT2D eigenvalue weighted by Crippen LogP contribution is 2.46. The number of hydrogen-bond acceptors (Lipinski definition) is 5. The van der Waals surface area contributed by atoms with Gasteiger partial charge in [0.2, 0.25) is 0 Å². The second-order valence-corrected chi connectivity index (χ2v) is 12.3. The van der Waals surface area contributed by atoms with E-state index in [0.29, 0.717) is 11.8 Å². The van der Waals surface area contributed by atoms with Crippen LogP contribution in [0.3, 0.4) is 0 Å². The molecule has 2 fully saturated rings. The zero-order valence-electron chi connectivity index (χ0n) is 20.8. The molecule has 0 spiro atoms. The van der Waals surface area contributed by atoms with Crippen molar-refractivity contribution >= 4 is 15.8 Å². The SMILES string of the molecule is CCCCN1CCN(c2cc(OS(=O)(=O)C(F)(F)F)ccc2[C@H]2CC[C@H](C(C)(C)C)CC2)CC1. The van der Waals surface area contributed by atoms with Crippen molar-refractivity contribution in [2.45, 2.75) is 77.6 Å². The van der Waals surface area contributed by atoms with E-state index in [9.17, 15) is 21.6 Å². The highest BCUT2D eigenvalue weighted by molar-refractivity contribution is 7.88. The van der Waals surface area contributed by atoms with E-state index >= 15 is 0 Å². The summed E-state index contributed by atoms with van der Waals surface area (Å²) in [6.07, 6.45) is 6.53. The predicted molar refractivity (Wildman–Crippen MR) is 130 cm³/mol. The maximum atomic E-state index is 12.9. The van der Waals surface area contributed by atoms with Crippen LogP contribution in [0, 0.1) is 11.3 Å². The van der Waals surface area contributed by atoms with E-state index in [1.165, 1.54) is 12.1 Å². The highest BCUT2D eigenvalue weighted by Gasteiger charge is 2.48. The monoisotopic (exact) mass is 504 g/mol. The van der Waals surface area contributed by atoms with Gasteiger partial charge >= 0.3 is 15.6 Å². The van der Waals surface area contributed by atoms with Gasteiger partial charge in [-0.2, -0.15) is 21.6 Å². The molecular weight excluding hydrogens is 465 g/mol. The number of anilines is 1. The fourth-order valence-electron chi connectivity index (χ4n) is 5.23. The van der Waals surface area contributed by atoms with Gasteiger partial charge in [0, 0.05) is 37.9 Å². The van der Waals surface area contributed by atoms with Gasteiger partial charge in [0.1, 0.15) is 5.75 Å². The van der Waals surface area contributed by atoms with E-state index in [-0.39, 0.29) is 11.2 Å². The maximum absolute atomic E-state index is 12.9. The van der Waals surface area contributed by atoms with Gasteiger partial charge in [-0.25, -0.2) is 0 Å². The third-order valence-electron chi connectivity index (χ3n) is 7.42. The maximum Gasteiger partial charge on any atom is 0.534 e. The molecule has 2 aliphatic rings. The van der Waals surface area contributed by atoms with Crippen molar-refractivity contribution < 1.29 is 25.8 Å². The van der Waals surface area contributed by atoms with Crippen molar-refractivity contribution in [3.8, 4) is 5.75 Å². The van der Waals surface area contributed by atoms with Crippen molar-refractivity contribution in [2.24, 2.45) is 11.3 Å². The smallest absolute Gasteiger partial charge is 0.376 e. The first kappa shape index (κ1) is 27.1. The van der Waals surface area contributed by atoms with Gasteiger partial charge < -0.3 is 9.08 Å². The summed E-state index contributed by atoms with van der Waals surface area (Å²) in [5, 5.41) is 0. The van der Waals surface area contributed by atoms with Gasteiger partial charge in [-0.15, -0.1) is 0 Å². The van der Waals surface area contributed by atoms with Crippen molar-refractivity contribution in [1.29, 1.82) is 0 Å². The Morgan fingerprint density at radius 3 is 2.15 bits per heavy atom. The lowest BCUT2D eigenvalue weighted by atomic mass is 9.68. The Labute approximate surface area is 202 Å². The summed E-state index contributed by atoms with van der Waals surface area (Å²) in [7, 11) is -5.71. The molecule has 0 atom stereocenters. The Kier molecular flexibility index (Phi) is 8.49. The van der Waals surface area contributed by atoms with Gasteiger partial charge in [0.15, 0.2) is 0 Å². The van der Waals surface area contributed by atoms with Crippen LogP contribution in [0.1, 0.15) is 77.7 Å². The summed E-state index contributed by atoms with van der Waals surface area (Å²) in [5.41, 5.74) is -3.30. The first-order valence-electron chi connectivity index (χ1n) is 12.4. The number of hydrogen-bond donors (Lipinski definition) is 0. The Balaban J connectivity index is 1.84. The zero-order chi connectivity index (χ0) is 25.1. The summed E-state index contributed by atoms with van der Waals surface area (Å²) in [5.74, 6) is 0.668. The van der Waals surface area contributed by atoms with E-state index in [1.807, 2.05) is 0 Å². The van der Waals surface area contributed by atoms with Gasteiger partial charge in [-0.1, -0.05) is 40.2 Å². The van der Waals surface area contributed by atoms with Gasteiger partial charge in [-0.3, -0.25) is 4.90 Å². The van der Waals surface area contributed by atoms with Crippen LogP contribution < -0.4 is 9.08 Å². The molecule has 0 amide bonds. The molecule has 1 aromatic rings. The second kappa shape index (κ2) is 10.6. The molecule has 5 nitrogen and oxygen atoms in total. The van der Waals surface area contributed by atoms with Gasteiger partial charge in [0.05, 0.1) is 0 Å². The summed E-state index contributed by atoms with van der Waals surface area (Å²) < 4.78 is 66.4. The molecule has 1 aliphatic carbocycles. The number of rotatable bonds is 7. The molecule has 3 rings (SSSR count). The zero-order valence-corrected chi connectivity index (χ0v) is 21.6. The molecule has 1 aliphatic heterocycles. The van der Waals surface area contributed by atoms with Crippen molar-refractivity contribution in [3.05, 3.63) is 23.8 Å². The Hall–Kier alpha value is -1.48. The Bertz CT molecular complexity index is 912. The molecule has 0 bridgehead atoms. The largest absolute Gasteiger partial charge is 0.534 e. The summed E-state index contributed by atoms with van der Waals surface area (Å²) in [6.45, 7) is 13.3. The van der Waals surface area contributed by atoms with Crippen molar-refractivity contribution in [3.63, 3.8) is 0 Å². The molecule has 9 heteroatoms. The summed E-state index contributed by atoms with van der Waals surface area (Å²) in [4.78, 5) is 4.59. The number of halogens is 3. The molecule has 1 saturated heterocycles. The van der Waals surface area contributed by atoms with Crippen molar-refractivity contribution in [1.82, 2.24) is 4.90 Å². The molecule has 1 heterocycles. The number of alkyl halides is 3. The molecular formula is C25H39F3N2O3S. The third kappa shape index (κ3) is 6.59. The molecule has 0 unspecified atom stereocenters. The number of unbranched alkanes of at least 4 members (excludes halogenated alkanes) is 1. The average molecular weight is 505 g/mol. The normalized spacial score (nSPS) is 23.2. The summed E-state index contributed by atoms with van der Waals surface area (Å²) in [6, 6.07) is 4.65. The molecule has 0 N–H and O–H groups in total. The van der Waals surface area contributed by atoms with Crippen LogP contribution in [-0.4, -0.2) is 51.5 Å². The molecule has 34 heavy (non-hydrogen) atoms. The van der Waals surface area contributed by atoms with E-state index in [4.69, 9.17) is 0 Å². The minimum Gasteiger partial charge on any atom is -0.376 e. The quantitative estimate of drug-likeness (QED) is 0.329. The van der Waals surface area contributed by atoms with E-state index < -0.39 is 15.6 Å². The first-order valence-corrected chi connectivity index (χ1v) is 13.8. The number of piperazine rings is 1. The van der Waals surface area contributed by atoms with Gasteiger partial charge in [0.25, 0.3) is 0 Å². The fourth-order valence-corrected chi connectivity index (χ4v) is 5.68. The fraction of sp³-hybridized carbons (Fsp3) is 0.760. The number of benzene rings is 1. The molecule has 194 valence electrons. The average Bonchev–Trinajstić information content (AvgIpc) is 2.76. The second-order valence-electron chi connectivity index (χ2n) is 10.8. The van der Waals surface area contributed by atoms with Crippen LogP contribution in [0.5, 0.6) is 5.75 Å². The van der Waals surface area contributed by atoms with E-state index in [2.05, 4.69) is 41.7 Å². The van der Waals surface area contributed by atoms with Crippen LogP contribution in [0.25, 0.3) is 0 Å². The number of nitrogens with zero attached hydrogens (tertiary/aromatic N) is 2. The molecule has 0 radical (unpaired) electrons. The Morgan fingerprint density at radius 1 is 1.00 bits per heavy atom. The first-order chi connectivity index (χ1) is 15.8. The third-order valence-corrected chi connectivity index (χ3v) is 8.40. The summed E-state index contributed by atoms with van der Waals surface area (Å²) >= 11 is 0. The topological polar surface area (TPSA) is 49.9 Å². The van der Waals surface area contributed by atoms with Gasteiger partial charge in [-0.05, 0) is 67.5 Å². The predicted octanol–water partition coefficient (Wildman–Crippen LogP) is 6.16. The van der Waals surface area contributed by atoms with Crippen LogP contribution in [0.2, 0.25) is 0 Å².